The van der Waals surface area contributed by atoms with Crippen molar-refractivity contribution in [3.63, 3.8) is 0 Å². The van der Waals surface area contributed by atoms with Gasteiger partial charge in [-0.25, -0.2) is 9.97 Å². The lowest BCUT2D eigenvalue weighted by Crippen LogP contribution is -2.23. The fraction of sp³-hybridized carbons (Fsp3) is 0.500. The van der Waals surface area contributed by atoms with Crippen molar-refractivity contribution in [3.8, 4) is 0 Å². The van der Waals surface area contributed by atoms with E-state index in [0.717, 1.165) is 22.4 Å². The highest BCUT2D eigenvalue weighted by molar-refractivity contribution is 8.14. The molecular formula is C10H14N4S. The van der Waals surface area contributed by atoms with Gasteiger partial charge in [0.25, 0.3) is 0 Å². The fourth-order valence-corrected chi connectivity index (χ4v) is 2.27. The summed E-state index contributed by atoms with van der Waals surface area (Å²) in [5.74, 6) is 1.90. The molecule has 2 heterocycles. The number of aliphatic imine (C=N–C) groups is 1. The topological polar surface area (TPSA) is 50.2 Å². The van der Waals surface area contributed by atoms with E-state index in [1.807, 2.05) is 13.0 Å². The number of hydrogen-bond donors (Lipinski definition) is 1. The van der Waals surface area contributed by atoms with Gasteiger partial charge in [0.15, 0.2) is 5.17 Å². The molecule has 5 heteroatoms. The van der Waals surface area contributed by atoms with Crippen LogP contribution in [0.25, 0.3) is 0 Å². The van der Waals surface area contributed by atoms with E-state index >= 15 is 0 Å². The first-order valence-corrected chi connectivity index (χ1v) is 5.95. The summed E-state index contributed by atoms with van der Waals surface area (Å²) < 4.78 is 0. The number of aryl methyl sites for hydroxylation is 1. The molecule has 2 rings (SSSR count). The number of amidine groups is 1. The van der Waals surface area contributed by atoms with Crippen LogP contribution in [0.2, 0.25) is 0 Å². The summed E-state index contributed by atoms with van der Waals surface area (Å²) in [5.41, 5.74) is 0.969. The smallest absolute Gasteiger partial charge is 0.157 e. The SMILES string of the molecule is Cc1nccc(CN=C2NC(C)CS2)n1. The lowest BCUT2D eigenvalue weighted by molar-refractivity contribution is 0.763. The van der Waals surface area contributed by atoms with E-state index in [1.165, 1.54) is 0 Å². The minimum atomic E-state index is 0.529. The summed E-state index contributed by atoms with van der Waals surface area (Å²) in [6, 6.07) is 2.43. The van der Waals surface area contributed by atoms with Crippen LogP contribution >= 0.6 is 11.8 Å². The zero-order chi connectivity index (χ0) is 10.7. The molecule has 80 valence electrons. The average molecular weight is 222 g/mol. The van der Waals surface area contributed by atoms with Crippen LogP contribution in [0, 0.1) is 6.92 Å². The van der Waals surface area contributed by atoms with E-state index < -0.39 is 0 Å². The number of hydrogen-bond acceptors (Lipinski definition) is 4. The van der Waals surface area contributed by atoms with Crippen LogP contribution in [0.3, 0.4) is 0 Å². The van der Waals surface area contributed by atoms with Crippen LogP contribution in [-0.4, -0.2) is 26.9 Å². The van der Waals surface area contributed by atoms with Gasteiger partial charge in [-0.15, -0.1) is 0 Å². The molecule has 1 saturated heterocycles. The zero-order valence-corrected chi connectivity index (χ0v) is 9.71. The molecule has 0 aliphatic carbocycles. The monoisotopic (exact) mass is 222 g/mol. The standard InChI is InChI=1S/C10H14N4S/c1-7-6-15-10(13-7)12-5-9-3-4-11-8(2)14-9/h3-4,7H,5-6H2,1-2H3,(H,12,13). The van der Waals surface area contributed by atoms with E-state index in [2.05, 4.69) is 27.2 Å². The summed E-state index contributed by atoms with van der Waals surface area (Å²) >= 11 is 1.77. The highest BCUT2D eigenvalue weighted by Crippen LogP contribution is 2.13. The third-order valence-electron chi connectivity index (χ3n) is 2.06. The van der Waals surface area contributed by atoms with E-state index in [9.17, 15) is 0 Å². The summed E-state index contributed by atoms with van der Waals surface area (Å²) in [7, 11) is 0. The predicted molar refractivity (Wildman–Crippen MR) is 63.0 cm³/mol. The second-order valence-electron chi connectivity index (χ2n) is 3.57. The van der Waals surface area contributed by atoms with Crippen molar-refractivity contribution in [2.75, 3.05) is 5.75 Å². The molecule has 0 spiro atoms. The third-order valence-corrected chi connectivity index (χ3v) is 3.25. The first-order chi connectivity index (χ1) is 7.24. The Kier molecular flexibility index (Phi) is 3.20. The van der Waals surface area contributed by atoms with Crippen molar-refractivity contribution in [1.82, 2.24) is 15.3 Å². The van der Waals surface area contributed by atoms with Crippen LogP contribution in [-0.2, 0) is 6.54 Å². The van der Waals surface area contributed by atoms with Crippen molar-refractivity contribution in [2.24, 2.45) is 4.99 Å². The van der Waals surface area contributed by atoms with Gasteiger partial charge in [-0.3, -0.25) is 4.99 Å². The molecule has 1 aliphatic heterocycles. The molecule has 15 heavy (non-hydrogen) atoms. The second-order valence-corrected chi connectivity index (χ2v) is 4.58. The number of rotatable bonds is 2. The number of nitrogens with zero attached hydrogens (tertiary/aromatic N) is 3. The minimum absolute atomic E-state index is 0.529. The molecule has 1 aromatic heterocycles. The van der Waals surface area contributed by atoms with Gasteiger partial charge in [0.05, 0.1) is 12.2 Å². The maximum absolute atomic E-state index is 4.46. The highest BCUT2D eigenvalue weighted by atomic mass is 32.2. The molecule has 0 amide bonds. The van der Waals surface area contributed by atoms with Crippen LogP contribution in [0.4, 0.5) is 0 Å². The van der Waals surface area contributed by atoms with Gasteiger partial charge in [0.2, 0.25) is 0 Å². The maximum atomic E-state index is 4.46. The molecule has 0 saturated carbocycles. The van der Waals surface area contributed by atoms with E-state index in [0.29, 0.717) is 12.6 Å². The molecule has 1 fully saturated rings. The van der Waals surface area contributed by atoms with Gasteiger partial charge in [-0.2, -0.15) is 0 Å². The molecule has 0 radical (unpaired) electrons. The first kappa shape index (κ1) is 10.4. The van der Waals surface area contributed by atoms with Crippen LogP contribution < -0.4 is 5.32 Å². The first-order valence-electron chi connectivity index (χ1n) is 4.96. The molecular weight excluding hydrogens is 208 g/mol. The molecule has 0 aromatic carbocycles. The van der Waals surface area contributed by atoms with Crippen molar-refractivity contribution in [3.05, 3.63) is 23.8 Å². The Bertz CT molecular complexity index is 377. The average Bonchev–Trinajstić information content (AvgIpc) is 2.62. The quantitative estimate of drug-likeness (QED) is 0.821. The molecule has 1 N–H and O–H groups in total. The molecule has 1 atom stereocenters. The normalized spacial score (nSPS) is 23.1. The number of nitrogens with one attached hydrogen (secondary N) is 1. The Morgan fingerprint density at radius 2 is 2.53 bits per heavy atom. The van der Waals surface area contributed by atoms with Gasteiger partial charge in [0.1, 0.15) is 5.82 Å². The second kappa shape index (κ2) is 4.61. The number of aromatic nitrogens is 2. The van der Waals surface area contributed by atoms with Crippen LogP contribution in [0.15, 0.2) is 17.3 Å². The third kappa shape index (κ3) is 2.92. The van der Waals surface area contributed by atoms with Crippen LogP contribution in [0.1, 0.15) is 18.4 Å². The minimum Gasteiger partial charge on any atom is -0.362 e. The van der Waals surface area contributed by atoms with E-state index in [1.54, 1.807) is 18.0 Å². The Hall–Kier alpha value is -1.10. The predicted octanol–water partition coefficient (Wildman–Crippen LogP) is 1.37. The Labute approximate surface area is 93.6 Å². The summed E-state index contributed by atoms with van der Waals surface area (Å²) in [6.07, 6.45) is 1.77. The Morgan fingerprint density at radius 3 is 3.20 bits per heavy atom. The molecule has 0 bridgehead atoms. The Morgan fingerprint density at radius 1 is 1.67 bits per heavy atom. The van der Waals surface area contributed by atoms with Crippen molar-refractivity contribution in [1.29, 1.82) is 0 Å². The summed E-state index contributed by atoms with van der Waals surface area (Å²) in [4.78, 5) is 12.8. The van der Waals surface area contributed by atoms with Crippen molar-refractivity contribution in [2.45, 2.75) is 26.4 Å². The Balaban J connectivity index is 1.98. The van der Waals surface area contributed by atoms with Gasteiger partial charge in [-0.05, 0) is 19.9 Å². The van der Waals surface area contributed by atoms with E-state index in [-0.39, 0.29) is 0 Å². The van der Waals surface area contributed by atoms with Crippen LogP contribution in [0.5, 0.6) is 0 Å². The van der Waals surface area contributed by atoms with E-state index in [4.69, 9.17) is 0 Å². The molecule has 4 nitrogen and oxygen atoms in total. The summed E-state index contributed by atoms with van der Waals surface area (Å²) in [5, 5.41) is 4.33. The molecule has 1 unspecified atom stereocenters. The zero-order valence-electron chi connectivity index (χ0n) is 8.90. The number of thioether (sulfide) groups is 1. The molecule has 1 aromatic rings. The lowest BCUT2D eigenvalue weighted by Gasteiger charge is -2.01. The van der Waals surface area contributed by atoms with Crippen molar-refractivity contribution < 1.29 is 0 Å². The largest absolute Gasteiger partial charge is 0.362 e. The highest BCUT2D eigenvalue weighted by Gasteiger charge is 2.14. The fourth-order valence-electron chi connectivity index (χ4n) is 1.34. The molecule has 1 aliphatic rings. The lowest BCUT2D eigenvalue weighted by atomic mass is 10.4. The van der Waals surface area contributed by atoms with Gasteiger partial charge < -0.3 is 5.32 Å². The van der Waals surface area contributed by atoms with Gasteiger partial charge >= 0.3 is 0 Å². The maximum Gasteiger partial charge on any atom is 0.157 e. The van der Waals surface area contributed by atoms with Crippen molar-refractivity contribution >= 4 is 16.9 Å². The van der Waals surface area contributed by atoms with Gasteiger partial charge in [-0.1, -0.05) is 11.8 Å². The summed E-state index contributed by atoms with van der Waals surface area (Å²) in [6.45, 7) is 4.68. The van der Waals surface area contributed by atoms with Gasteiger partial charge in [0, 0.05) is 18.0 Å².